The van der Waals surface area contributed by atoms with Crippen LogP contribution in [0.2, 0.25) is 0 Å². The second kappa shape index (κ2) is 12.5. The molecule has 1 rings (SSSR count). The molecule has 24 heavy (non-hydrogen) atoms. The molecule has 0 amide bonds. The van der Waals surface area contributed by atoms with Gasteiger partial charge in [0.1, 0.15) is 0 Å². The standard InChI is InChI=1S/C16H27N3O3S.HI/c1-4-17-16(18-10-11-22-5-2)19-12-14-6-8-15(9-7-14)13-23(3,20)21;/h6-9H,4-5,10-13H2,1-3H3,(H2,17,18,19);1H. The Labute approximate surface area is 162 Å². The van der Waals surface area contributed by atoms with E-state index < -0.39 is 9.84 Å². The molecule has 0 fully saturated rings. The van der Waals surface area contributed by atoms with Gasteiger partial charge in [-0.1, -0.05) is 24.3 Å². The van der Waals surface area contributed by atoms with E-state index in [1.807, 2.05) is 38.1 Å². The lowest BCUT2D eigenvalue weighted by molar-refractivity contribution is 0.152. The number of rotatable bonds is 9. The number of aliphatic imine (C=N–C) groups is 1. The molecule has 1 aromatic carbocycles. The van der Waals surface area contributed by atoms with Crippen molar-refractivity contribution < 1.29 is 13.2 Å². The van der Waals surface area contributed by atoms with Crippen LogP contribution in [0.15, 0.2) is 29.3 Å². The first kappa shape index (κ1) is 23.1. The van der Waals surface area contributed by atoms with E-state index in [1.54, 1.807) is 0 Å². The maximum absolute atomic E-state index is 11.3. The topological polar surface area (TPSA) is 79.8 Å². The van der Waals surface area contributed by atoms with Gasteiger partial charge in [0.2, 0.25) is 0 Å². The molecule has 0 aromatic heterocycles. The van der Waals surface area contributed by atoms with Crippen molar-refractivity contribution in [1.82, 2.24) is 10.6 Å². The molecule has 0 saturated carbocycles. The van der Waals surface area contributed by atoms with Crippen molar-refractivity contribution >= 4 is 39.8 Å². The second-order valence-corrected chi connectivity index (χ2v) is 7.35. The molecule has 2 N–H and O–H groups in total. The zero-order valence-corrected chi connectivity index (χ0v) is 17.7. The molecule has 0 heterocycles. The highest BCUT2D eigenvalue weighted by molar-refractivity contribution is 14.0. The summed E-state index contributed by atoms with van der Waals surface area (Å²) in [7, 11) is -3.00. The summed E-state index contributed by atoms with van der Waals surface area (Å²) in [4.78, 5) is 4.51. The number of sulfone groups is 1. The number of guanidine groups is 1. The van der Waals surface area contributed by atoms with Crippen molar-refractivity contribution in [2.24, 2.45) is 4.99 Å². The highest BCUT2D eigenvalue weighted by atomic mass is 127. The van der Waals surface area contributed by atoms with Gasteiger partial charge in [-0.15, -0.1) is 24.0 Å². The average molecular weight is 469 g/mol. The van der Waals surface area contributed by atoms with Crippen LogP contribution < -0.4 is 10.6 Å². The fraction of sp³-hybridized carbons (Fsp3) is 0.562. The summed E-state index contributed by atoms with van der Waals surface area (Å²) in [6.07, 6.45) is 1.24. The van der Waals surface area contributed by atoms with Crippen LogP contribution in [-0.2, 0) is 26.9 Å². The SMILES string of the molecule is CCNC(=NCc1ccc(CS(C)(=O)=O)cc1)NCCOCC.I. The Bertz CT molecular complexity index is 589. The zero-order chi connectivity index (χ0) is 17.1. The molecule has 6 nitrogen and oxygen atoms in total. The molecule has 0 radical (unpaired) electrons. The molecule has 0 aliphatic carbocycles. The smallest absolute Gasteiger partial charge is 0.191 e. The lowest BCUT2D eigenvalue weighted by atomic mass is 10.1. The number of halogens is 1. The van der Waals surface area contributed by atoms with E-state index in [1.165, 1.54) is 6.26 Å². The maximum atomic E-state index is 11.3. The lowest BCUT2D eigenvalue weighted by Crippen LogP contribution is -2.39. The average Bonchev–Trinajstić information content (AvgIpc) is 2.49. The quantitative estimate of drug-likeness (QED) is 0.250. The van der Waals surface area contributed by atoms with Gasteiger partial charge in [0.15, 0.2) is 15.8 Å². The first-order valence-corrected chi connectivity index (χ1v) is 9.86. The number of hydrogen-bond acceptors (Lipinski definition) is 4. The summed E-state index contributed by atoms with van der Waals surface area (Å²) in [5, 5.41) is 6.38. The van der Waals surface area contributed by atoms with E-state index in [4.69, 9.17) is 4.74 Å². The van der Waals surface area contributed by atoms with Crippen molar-refractivity contribution in [3.8, 4) is 0 Å². The van der Waals surface area contributed by atoms with E-state index >= 15 is 0 Å². The van der Waals surface area contributed by atoms with Gasteiger partial charge in [-0.05, 0) is 25.0 Å². The van der Waals surface area contributed by atoms with E-state index in [-0.39, 0.29) is 29.7 Å². The van der Waals surface area contributed by atoms with Crippen molar-refractivity contribution in [1.29, 1.82) is 0 Å². The molecule has 0 spiro atoms. The van der Waals surface area contributed by atoms with Gasteiger partial charge in [0.05, 0.1) is 18.9 Å². The fourth-order valence-electron chi connectivity index (χ4n) is 1.94. The minimum Gasteiger partial charge on any atom is -0.380 e. The fourth-order valence-corrected chi connectivity index (χ4v) is 2.74. The molecule has 0 atom stereocenters. The molecule has 0 saturated heterocycles. The summed E-state index contributed by atoms with van der Waals surface area (Å²) < 4.78 is 27.8. The number of benzene rings is 1. The summed E-state index contributed by atoms with van der Waals surface area (Å²) in [6, 6.07) is 7.49. The predicted octanol–water partition coefficient (Wildman–Crippen LogP) is 1.94. The highest BCUT2D eigenvalue weighted by Crippen LogP contribution is 2.08. The van der Waals surface area contributed by atoms with Crippen LogP contribution in [0.5, 0.6) is 0 Å². The Morgan fingerprint density at radius 1 is 1.12 bits per heavy atom. The van der Waals surface area contributed by atoms with E-state index in [2.05, 4.69) is 15.6 Å². The van der Waals surface area contributed by atoms with Crippen molar-refractivity contribution in [3.63, 3.8) is 0 Å². The van der Waals surface area contributed by atoms with Crippen LogP contribution in [0, 0.1) is 0 Å². The molecule has 0 aliphatic heterocycles. The zero-order valence-electron chi connectivity index (χ0n) is 14.5. The van der Waals surface area contributed by atoms with E-state index in [0.717, 1.165) is 23.6 Å². The normalized spacial score (nSPS) is 11.7. The number of ether oxygens (including phenoxy) is 1. The molecule has 0 bridgehead atoms. The van der Waals surface area contributed by atoms with Crippen LogP contribution in [0.25, 0.3) is 0 Å². The molecular weight excluding hydrogens is 441 g/mol. The Morgan fingerprint density at radius 2 is 1.75 bits per heavy atom. The van der Waals surface area contributed by atoms with Gasteiger partial charge in [-0.25, -0.2) is 13.4 Å². The third kappa shape index (κ3) is 10.8. The van der Waals surface area contributed by atoms with Crippen LogP contribution in [0.1, 0.15) is 25.0 Å². The van der Waals surface area contributed by atoms with Gasteiger partial charge in [-0.2, -0.15) is 0 Å². The Balaban J connectivity index is 0.00000529. The minimum absolute atomic E-state index is 0. The summed E-state index contributed by atoms with van der Waals surface area (Å²) in [5.74, 6) is 0.811. The van der Waals surface area contributed by atoms with E-state index in [0.29, 0.717) is 26.3 Å². The Hall–Kier alpha value is -0.870. The molecular formula is C16H28IN3O3S. The first-order valence-electron chi connectivity index (χ1n) is 7.80. The Morgan fingerprint density at radius 3 is 2.29 bits per heavy atom. The third-order valence-corrected chi connectivity index (χ3v) is 3.82. The van der Waals surface area contributed by atoms with Gasteiger partial charge in [-0.3, -0.25) is 0 Å². The van der Waals surface area contributed by atoms with Crippen LogP contribution >= 0.6 is 24.0 Å². The van der Waals surface area contributed by atoms with Gasteiger partial charge in [0, 0.05) is 26.0 Å². The lowest BCUT2D eigenvalue weighted by Gasteiger charge is -2.11. The molecule has 0 unspecified atom stereocenters. The molecule has 8 heteroatoms. The van der Waals surface area contributed by atoms with Crippen LogP contribution in [0.4, 0.5) is 0 Å². The number of hydrogen-bond donors (Lipinski definition) is 2. The van der Waals surface area contributed by atoms with E-state index in [9.17, 15) is 8.42 Å². The maximum Gasteiger partial charge on any atom is 0.191 e. The summed E-state index contributed by atoms with van der Waals surface area (Å²) in [5.41, 5.74) is 1.83. The molecule has 1 aromatic rings. The van der Waals surface area contributed by atoms with Gasteiger partial charge < -0.3 is 15.4 Å². The van der Waals surface area contributed by atoms with Gasteiger partial charge in [0.25, 0.3) is 0 Å². The van der Waals surface area contributed by atoms with Crippen molar-refractivity contribution in [2.75, 3.05) is 32.6 Å². The summed E-state index contributed by atoms with van der Waals surface area (Å²) in [6.45, 7) is 7.34. The third-order valence-electron chi connectivity index (χ3n) is 2.96. The molecule has 138 valence electrons. The highest BCUT2D eigenvalue weighted by Gasteiger charge is 2.04. The number of nitrogens with zero attached hydrogens (tertiary/aromatic N) is 1. The Kier molecular flexibility index (Phi) is 12.0. The van der Waals surface area contributed by atoms with Crippen LogP contribution in [-0.4, -0.2) is 46.9 Å². The van der Waals surface area contributed by atoms with Crippen molar-refractivity contribution in [2.45, 2.75) is 26.1 Å². The number of nitrogens with one attached hydrogen (secondary N) is 2. The second-order valence-electron chi connectivity index (χ2n) is 5.21. The summed E-state index contributed by atoms with van der Waals surface area (Å²) >= 11 is 0. The monoisotopic (exact) mass is 469 g/mol. The largest absolute Gasteiger partial charge is 0.380 e. The molecule has 0 aliphatic rings. The predicted molar refractivity (Wildman–Crippen MR) is 110 cm³/mol. The van der Waals surface area contributed by atoms with Crippen LogP contribution in [0.3, 0.4) is 0 Å². The first-order chi connectivity index (χ1) is 10.9. The van der Waals surface area contributed by atoms with Gasteiger partial charge >= 0.3 is 0 Å². The van der Waals surface area contributed by atoms with Crippen molar-refractivity contribution in [3.05, 3.63) is 35.4 Å². The minimum atomic E-state index is -3.00.